The third kappa shape index (κ3) is 4.98. The van der Waals surface area contributed by atoms with Crippen molar-refractivity contribution in [3.63, 3.8) is 0 Å². The van der Waals surface area contributed by atoms with Gasteiger partial charge in [-0.3, -0.25) is 9.59 Å². The third-order valence-electron chi connectivity index (χ3n) is 3.43. The van der Waals surface area contributed by atoms with E-state index in [1.165, 1.54) is 6.92 Å². The standard InChI is InChI=1S/C18H17Cl2NO3/c1-11(13-6-7-16(19)17(20)9-13)21-18(23)10-24-15-5-3-4-14(8-15)12(2)22/h3-9,11H,10H2,1-2H3,(H,21,23). The number of hydrogen-bond donors (Lipinski definition) is 1. The monoisotopic (exact) mass is 365 g/mol. The van der Waals surface area contributed by atoms with Gasteiger partial charge >= 0.3 is 0 Å². The molecule has 1 unspecified atom stereocenters. The van der Waals surface area contributed by atoms with Crippen LogP contribution in [0.15, 0.2) is 42.5 Å². The minimum atomic E-state index is -0.276. The van der Waals surface area contributed by atoms with Gasteiger partial charge in [-0.15, -0.1) is 0 Å². The van der Waals surface area contributed by atoms with Crippen LogP contribution in [0.25, 0.3) is 0 Å². The van der Waals surface area contributed by atoms with Crippen molar-refractivity contribution in [2.75, 3.05) is 6.61 Å². The Balaban J connectivity index is 1.92. The van der Waals surface area contributed by atoms with Gasteiger partial charge in [0, 0.05) is 5.56 Å². The Labute approximate surface area is 150 Å². The summed E-state index contributed by atoms with van der Waals surface area (Å²) in [7, 11) is 0. The molecule has 1 N–H and O–H groups in total. The summed E-state index contributed by atoms with van der Waals surface area (Å²) < 4.78 is 5.43. The maximum Gasteiger partial charge on any atom is 0.258 e. The van der Waals surface area contributed by atoms with Gasteiger partial charge in [-0.05, 0) is 43.7 Å². The number of Topliss-reactive ketones (excluding diaryl/α,β-unsaturated/α-hetero) is 1. The Kier molecular flexibility index (Phi) is 6.23. The van der Waals surface area contributed by atoms with Crippen LogP contribution in [0.3, 0.4) is 0 Å². The first-order chi connectivity index (χ1) is 11.4. The van der Waals surface area contributed by atoms with E-state index in [-0.39, 0.29) is 24.3 Å². The van der Waals surface area contributed by atoms with Gasteiger partial charge < -0.3 is 10.1 Å². The molecule has 0 aliphatic rings. The zero-order valence-corrected chi connectivity index (χ0v) is 14.8. The van der Waals surface area contributed by atoms with E-state index in [0.29, 0.717) is 21.4 Å². The summed E-state index contributed by atoms with van der Waals surface area (Å²) in [5.41, 5.74) is 1.38. The van der Waals surface area contributed by atoms with Crippen LogP contribution >= 0.6 is 23.2 Å². The lowest BCUT2D eigenvalue weighted by Crippen LogP contribution is -2.31. The van der Waals surface area contributed by atoms with E-state index in [2.05, 4.69) is 5.32 Å². The Morgan fingerprint density at radius 1 is 1.12 bits per heavy atom. The molecule has 2 aromatic carbocycles. The van der Waals surface area contributed by atoms with Crippen LogP contribution in [0, 0.1) is 0 Å². The quantitative estimate of drug-likeness (QED) is 0.769. The van der Waals surface area contributed by atoms with Crippen LogP contribution in [0.1, 0.15) is 35.8 Å². The number of ketones is 1. The zero-order chi connectivity index (χ0) is 17.7. The number of amides is 1. The predicted molar refractivity (Wildman–Crippen MR) is 95.0 cm³/mol. The van der Waals surface area contributed by atoms with Gasteiger partial charge in [-0.2, -0.15) is 0 Å². The topological polar surface area (TPSA) is 55.4 Å². The molecular weight excluding hydrogens is 349 g/mol. The van der Waals surface area contributed by atoms with Gasteiger partial charge in [-0.1, -0.05) is 41.4 Å². The van der Waals surface area contributed by atoms with Crippen molar-refractivity contribution in [1.82, 2.24) is 5.32 Å². The van der Waals surface area contributed by atoms with Gasteiger partial charge in [0.1, 0.15) is 5.75 Å². The molecule has 2 rings (SSSR count). The van der Waals surface area contributed by atoms with Crippen LogP contribution in [-0.4, -0.2) is 18.3 Å². The van der Waals surface area contributed by atoms with E-state index in [1.54, 1.807) is 42.5 Å². The summed E-state index contributed by atoms with van der Waals surface area (Å²) in [6.45, 7) is 3.17. The second-order valence-corrected chi connectivity index (χ2v) is 6.15. The summed E-state index contributed by atoms with van der Waals surface area (Å²) in [6, 6.07) is 11.7. The summed E-state index contributed by atoms with van der Waals surface area (Å²) in [5, 5.41) is 3.72. The normalized spacial score (nSPS) is 11.7. The largest absolute Gasteiger partial charge is 0.484 e. The lowest BCUT2D eigenvalue weighted by Gasteiger charge is -2.15. The van der Waals surface area contributed by atoms with Gasteiger partial charge in [0.15, 0.2) is 12.4 Å². The molecule has 0 heterocycles. The second-order valence-electron chi connectivity index (χ2n) is 5.34. The van der Waals surface area contributed by atoms with Crippen molar-refractivity contribution in [1.29, 1.82) is 0 Å². The number of carbonyl (C=O) groups excluding carboxylic acids is 2. The highest BCUT2D eigenvalue weighted by molar-refractivity contribution is 6.42. The Bertz CT molecular complexity index is 762. The summed E-state index contributed by atoms with van der Waals surface area (Å²) in [6.07, 6.45) is 0. The van der Waals surface area contributed by atoms with Gasteiger partial charge in [0.25, 0.3) is 5.91 Å². The highest BCUT2D eigenvalue weighted by Crippen LogP contribution is 2.25. The Morgan fingerprint density at radius 3 is 2.54 bits per heavy atom. The van der Waals surface area contributed by atoms with Gasteiger partial charge in [-0.25, -0.2) is 0 Å². The smallest absolute Gasteiger partial charge is 0.258 e. The molecule has 0 bridgehead atoms. The highest BCUT2D eigenvalue weighted by atomic mass is 35.5. The van der Waals surface area contributed by atoms with Crippen molar-refractivity contribution in [2.45, 2.75) is 19.9 Å². The average molecular weight is 366 g/mol. The van der Waals surface area contributed by atoms with Crippen LogP contribution in [0.5, 0.6) is 5.75 Å². The van der Waals surface area contributed by atoms with Gasteiger partial charge in [0.2, 0.25) is 0 Å². The molecule has 1 atom stereocenters. The van der Waals surface area contributed by atoms with E-state index in [0.717, 1.165) is 5.56 Å². The van der Waals surface area contributed by atoms with Gasteiger partial charge in [0.05, 0.1) is 16.1 Å². The van der Waals surface area contributed by atoms with Crippen LogP contribution in [-0.2, 0) is 4.79 Å². The van der Waals surface area contributed by atoms with E-state index >= 15 is 0 Å². The van der Waals surface area contributed by atoms with E-state index < -0.39 is 0 Å². The fourth-order valence-electron chi connectivity index (χ4n) is 2.10. The Hall–Kier alpha value is -2.04. The fourth-order valence-corrected chi connectivity index (χ4v) is 2.41. The predicted octanol–water partition coefficient (Wildman–Crippen LogP) is 4.45. The van der Waals surface area contributed by atoms with Crippen molar-refractivity contribution in [3.8, 4) is 5.75 Å². The average Bonchev–Trinajstić information content (AvgIpc) is 2.55. The first-order valence-corrected chi connectivity index (χ1v) is 8.10. The molecule has 0 fully saturated rings. The maximum absolute atomic E-state index is 12.0. The molecule has 1 amide bonds. The number of hydrogen-bond acceptors (Lipinski definition) is 3. The SMILES string of the molecule is CC(=O)c1cccc(OCC(=O)NC(C)c2ccc(Cl)c(Cl)c2)c1. The van der Waals surface area contributed by atoms with Crippen LogP contribution in [0.2, 0.25) is 10.0 Å². The number of halogens is 2. The van der Waals surface area contributed by atoms with Crippen molar-refractivity contribution in [3.05, 3.63) is 63.6 Å². The Morgan fingerprint density at radius 2 is 1.88 bits per heavy atom. The first-order valence-electron chi connectivity index (χ1n) is 7.35. The molecule has 6 heteroatoms. The van der Waals surface area contributed by atoms with Crippen LogP contribution < -0.4 is 10.1 Å². The molecule has 126 valence electrons. The molecular formula is C18H17Cl2NO3. The maximum atomic E-state index is 12.0. The fraction of sp³-hybridized carbons (Fsp3) is 0.222. The van der Waals surface area contributed by atoms with Crippen molar-refractivity contribution in [2.24, 2.45) is 0 Å². The molecule has 24 heavy (non-hydrogen) atoms. The molecule has 0 aromatic heterocycles. The number of ether oxygens (including phenoxy) is 1. The highest BCUT2D eigenvalue weighted by Gasteiger charge is 2.12. The zero-order valence-electron chi connectivity index (χ0n) is 13.3. The van der Waals surface area contributed by atoms with Crippen molar-refractivity contribution >= 4 is 34.9 Å². The third-order valence-corrected chi connectivity index (χ3v) is 4.17. The minimum Gasteiger partial charge on any atom is -0.484 e. The minimum absolute atomic E-state index is 0.0573. The molecule has 4 nitrogen and oxygen atoms in total. The lowest BCUT2D eigenvalue weighted by atomic mass is 10.1. The first kappa shape index (κ1) is 18.3. The van der Waals surface area contributed by atoms with E-state index in [1.807, 2.05) is 6.92 Å². The van der Waals surface area contributed by atoms with E-state index in [9.17, 15) is 9.59 Å². The number of nitrogens with one attached hydrogen (secondary N) is 1. The molecule has 0 aliphatic heterocycles. The van der Waals surface area contributed by atoms with Crippen molar-refractivity contribution < 1.29 is 14.3 Å². The molecule has 0 radical (unpaired) electrons. The van der Waals surface area contributed by atoms with E-state index in [4.69, 9.17) is 27.9 Å². The summed E-state index contributed by atoms with van der Waals surface area (Å²) >= 11 is 11.9. The molecule has 0 aliphatic carbocycles. The number of carbonyl (C=O) groups is 2. The molecule has 0 saturated carbocycles. The molecule has 0 saturated heterocycles. The number of benzene rings is 2. The summed E-state index contributed by atoms with van der Waals surface area (Å²) in [4.78, 5) is 23.3. The number of rotatable bonds is 6. The molecule has 0 spiro atoms. The lowest BCUT2D eigenvalue weighted by molar-refractivity contribution is -0.123. The summed E-state index contributed by atoms with van der Waals surface area (Å²) in [5.74, 6) is 0.139. The molecule has 2 aromatic rings. The second kappa shape index (κ2) is 8.18. The van der Waals surface area contributed by atoms with Crippen LogP contribution in [0.4, 0.5) is 0 Å².